The van der Waals surface area contributed by atoms with E-state index in [-0.39, 0.29) is 24.4 Å². The topological polar surface area (TPSA) is 86.7 Å². The third-order valence-corrected chi connectivity index (χ3v) is 6.39. The number of hydrogen-bond acceptors (Lipinski definition) is 4. The predicted molar refractivity (Wildman–Crippen MR) is 95.7 cm³/mol. The molecular formula is C18H26N2O4S. The average Bonchev–Trinajstić information content (AvgIpc) is 3.27. The van der Waals surface area contributed by atoms with Crippen LogP contribution in [0.5, 0.6) is 0 Å². The van der Waals surface area contributed by atoms with Crippen LogP contribution in [0.15, 0.2) is 24.3 Å². The first-order valence-corrected chi connectivity index (χ1v) is 10.5. The SMILES string of the molecule is Cc1ccc(CS(=O)(=O)NC2CC(N(CC(=O)O)CC3CC3)C2)cc1. The smallest absolute Gasteiger partial charge is 0.317 e. The Labute approximate surface area is 149 Å². The Morgan fingerprint density at radius 3 is 2.44 bits per heavy atom. The van der Waals surface area contributed by atoms with Crippen molar-refractivity contribution in [3.05, 3.63) is 35.4 Å². The molecule has 0 atom stereocenters. The molecule has 6 nitrogen and oxygen atoms in total. The Bertz CT molecular complexity index is 707. The predicted octanol–water partition coefficient (Wildman–Crippen LogP) is 1.74. The van der Waals surface area contributed by atoms with Crippen LogP contribution in [-0.4, -0.2) is 49.6 Å². The van der Waals surface area contributed by atoms with Crippen LogP contribution in [0.1, 0.15) is 36.8 Å². The standard InChI is InChI=1S/C18H26N2O4S/c1-13-2-4-15(5-3-13)12-25(23,24)19-16-8-17(9-16)20(11-18(21)22)10-14-6-7-14/h2-5,14,16-17,19H,6-12H2,1H3,(H,21,22). The molecule has 138 valence electrons. The molecular weight excluding hydrogens is 340 g/mol. The summed E-state index contributed by atoms with van der Waals surface area (Å²) in [6, 6.07) is 7.57. The fraction of sp³-hybridized carbons (Fsp3) is 0.611. The minimum absolute atomic E-state index is 0.0185. The number of rotatable bonds is 9. The van der Waals surface area contributed by atoms with Crippen molar-refractivity contribution >= 4 is 16.0 Å². The van der Waals surface area contributed by atoms with Gasteiger partial charge < -0.3 is 5.11 Å². The molecule has 1 aromatic rings. The largest absolute Gasteiger partial charge is 0.480 e. The molecule has 0 radical (unpaired) electrons. The molecule has 1 aromatic carbocycles. The number of hydrogen-bond donors (Lipinski definition) is 2. The summed E-state index contributed by atoms with van der Waals surface area (Å²) in [7, 11) is -3.38. The normalized spacial score (nSPS) is 23.4. The Balaban J connectivity index is 1.49. The van der Waals surface area contributed by atoms with Crippen LogP contribution in [0.4, 0.5) is 0 Å². The van der Waals surface area contributed by atoms with E-state index in [0.717, 1.165) is 17.7 Å². The van der Waals surface area contributed by atoms with E-state index in [0.29, 0.717) is 18.8 Å². The second kappa shape index (κ2) is 7.43. The molecule has 3 rings (SSSR count). The molecule has 2 aliphatic carbocycles. The summed E-state index contributed by atoms with van der Waals surface area (Å²) in [5.74, 6) is -0.212. The van der Waals surface area contributed by atoms with Gasteiger partial charge in [0.1, 0.15) is 0 Å². The van der Waals surface area contributed by atoms with E-state index in [4.69, 9.17) is 5.11 Å². The quantitative estimate of drug-likeness (QED) is 0.695. The van der Waals surface area contributed by atoms with Crippen LogP contribution in [0, 0.1) is 12.8 Å². The molecule has 25 heavy (non-hydrogen) atoms. The van der Waals surface area contributed by atoms with Gasteiger partial charge in [0, 0.05) is 18.6 Å². The van der Waals surface area contributed by atoms with Crippen molar-refractivity contribution in [3.8, 4) is 0 Å². The van der Waals surface area contributed by atoms with Gasteiger partial charge in [-0.25, -0.2) is 13.1 Å². The molecule has 7 heteroatoms. The summed E-state index contributed by atoms with van der Waals surface area (Å²) >= 11 is 0. The van der Waals surface area contributed by atoms with Gasteiger partial charge in [0.25, 0.3) is 0 Å². The maximum atomic E-state index is 12.3. The highest BCUT2D eigenvalue weighted by Gasteiger charge is 2.38. The Morgan fingerprint density at radius 1 is 1.24 bits per heavy atom. The summed E-state index contributed by atoms with van der Waals surface area (Å²) in [4.78, 5) is 13.0. The lowest BCUT2D eigenvalue weighted by Crippen LogP contribution is -2.55. The minimum Gasteiger partial charge on any atom is -0.480 e. The monoisotopic (exact) mass is 366 g/mol. The number of aryl methyl sites for hydroxylation is 1. The van der Waals surface area contributed by atoms with E-state index < -0.39 is 16.0 Å². The first-order valence-electron chi connectivity index (χ1n) is 8.82. The van der Waals surface area contributed by atoms with Crippen molar-refractivity contribution in [2.45, 2.75) is 50.4 Å². The molecule has 2 fully saturated rings. The molecule has 2 N–H and O–H groups in total. The second-order valence-corrected chi connectivity index (χ2v) is 9.21. The first kappa shape index (κ1) is 18.4. The molecule has 0 unspecified atom stereocenters. The number of nitrogens with one attached hydrogen (secondary N) is 1. The van der Waals surface area contributed by atoms with Crippen LogP contribution in [0.2, 0.25) is 0 Å². The van der Waals surface area contributed by atoms with Gasteiger partial charge in [0.05, 0.1) is 12.3 Å². The molecule has 0 spiro atoms. The van der Waals surface area contributed by atoms with E-state index in [2.05, 4.69) is 4.72 Å². The van der Waals surface area contributed by atoms with Crippen molar-refractivity contribution in [2.75, 3.05) is 13.1 Å². The fourth-order valence-corrected chi connectivity index (χ4v) is 4.74. The lowest BCUT2D eigenvalue weighted by Gasteiger charge is -2.42. The van der Waals surface area contributed by atoms with Crippen LogP contribution in [0.25, 0.3) is 0 Å². The van der Waals surface area contributed by atoms with Gasteiger partial charge in [-0.1, -0.05) is 29.8 Å². The summed E-state index contributed by atoms with van der Waals surface area (Å²) in [6.45, 7) is 2.83. The number of carboxylic acid groups (broad SMARTS) is 1. The van der Waals surface area contributed by atoms with Crippen LogP contribution in [-0.2, 0) is 20.6 Å². The Morgan fingerprint density at radius 2 is 1.88 bits per heavy atom. The number of nitrogens with zero attached hydrogens (tertiary/aromatic N) is 1. The highest BCUT2D eigenvalue weighted by molar-refractivity contribution is 7.88. The Hall–Kier alpha value is -1.44. The van der Waals surface area contributed by atoms with Crippen molar-refractivity contribution in [1.82, 2.24) is 9.62 Å². The van der Waals surface area contributed by atoms with Crippen molar-refractivity contribution < 1.29 is 18.3 Å². The van der Waals surface area contributed by atoms with Crippen LogP contribution >= 0.6 is 0 Å². The number of carboxylic acids is 1. The van der Waals surface area contributed by atoms with Crippen molar-refractivity contribution in [2.24, 2.45) is 5.92 Å². The lowest BCUT2D eigenvalue weighted by atomic mass is 9.86. The molecule has 0 aromatic heterocycles. The van der Waals surface area contributed by atoms with Gasteiger partial charge in [0.2, 0.25) is 10.0 Å². The van der Waals surface area contributed by atoms with Crippen LogP contribution < -0.4 is 4.72 Å². The molecule has 0 heterocycles. The van der Waals surface area contributed by atoms with E-state index in [9.17, 15) is 13.2 Å². The zero-order valence-electron chi connectivity index (χ0n) is 14.5. The third kappa shape index (κ3) is 5.52. The zero-order valence-corrected chi connectivity index (χ0v) is 15.3. The Kier molecular flexibility index (Phi) is 5.46. The van der Waals surface area contributed by atoms with Gasteiger partial charge in [-0.3, -0.25) is 9.69 Å². The van der Waals surface area contributed by atoms with Gasteiger partial charge in [-0.15, -0.1) is 0 Å². The minimum atomic E-state index is -3.38. The van der Waals surface area contributed by atoms with E-state index >= 15 is 0 Å². The van der Waals surface area contributed by atoms with Gasteiger partial charge in [-0.2, -0.15) is 0 Å². The first-order chi connectivity index (χ1) is 11.8. The van der Waals surface area contributed by atoms with Gasteiger partial charge in [0.15, 0.2) is 0 Å². The highest BCUT2D eigenvalue weighted by Crippen LogP contribution is 2.34. The van der Waals surface area contributed by atoms with Gasteiger partial charge in [-0.05, 0) is 44.1 Å². The molecule has 0 saturated heterocycles. The molecule has 0 amide bonds. The summed E-state index contributed by atoms with van der Waals surface area (Å²) in [5.41, 5.74) is 1.88. The third-order valence-electron chi connectivity index (χ3n) is 4.98. The molecule has 0 aliphatic heterocycles. The zero-order chi connectivity index (χ0) is 18.0. The van der Waals surface area contributed by atoms with Crippen molar-refractivity contribution in [3.63, 3.8) is 0 Å². The number of sulfonamides is 1. The van der Waals surface area contributed by atoms with E-state index in [1.807, 2.05) is 36.1 Å². The molecule has 2 aliphatic rings. The molecule has 0 bridgehead atoms. The van der Waals surface area contributed by atoms with Crippen LogP contribution in [0.3, 0.4) is 0 Å². The highest BCUT2D eigenvalue weighted by atomic mass is 32.2. The van der Waals surface area contributed by atoms with E-state index in [1.54, 1.807) is 0 Å². The number of carbonyl (C=O) groups is 1. The number of aliphatic carboxylic acids is 1. The summed E-state index contributed by atoms with van der Waals surface area (Å²) in [6.07, 6.45) is 3.73. The molecule has 2 saturated carbocycles. The van der Waals surface area contributed by atoms with Gasteiger partial charge >= 0.3 is 5.97 Å². The maximum Gasteiger partial charge on any atom is 0.317 e. The maximum absolute atomic E-state index is 12.3. The summed E-state index contributed by atoms with van der Waals surface area (Å²) in [5, 5.41) is 9.07. The summed E-state index contributed by atoms with van der Waals surface area (Å²) < 4.78 is 27.4. The van der Waals surface area contributed by atoms with E-state index in [1.165, 1.54) is 12.8 Å². The second-order valence-electron chi connectivity index (χ2n) is 7.45. The fourth-order valence-electron chi connectivity index (χ4n) is 3.33. The lowest BCUT2D eigenvalue weighted by molar-refractivity contribution is -0.139. The van der Waals surface area contributed by atoms with Crippen molar-refractivity contribution in [1.29, 1.82) is 0 Å². The number of benzene rings is 1. The average molecular weight is 366 g/mol.